The minimum Gasteiger partial charge on any atom is -0.328 e. The molecule has 1 atom stereocenters. The standard InChI is InChI=1S/C15H22F2N2/c1-11(18)13-6-8-19(9-7-13)10-12-2-4-14(5-3-12)15(16)17/h2-5,11,13,15H,6-10,18H2,1H3. The molecule has 0 spiro atoms. The molecule has 2 N–H and O–H groups in total. The summed E-state index contributed by atoms with van der Waals surface area (Å²) in [7, 11) is 0. The molecule has 0 aromatic heterocycles. The normalized spacial score (nSPS) is 19.8. The van der Waals surface area contributed by atoms with Crippen LogP contribution in [0.1, 0.15) is 37.3 Å². The quantitative estimate of drug-likeness (QED) is 0.908. The van der Waals surface area contributed by atoms with Gasteiger partial charge in [0.2, 0.25) is 0 Å². The summed E-state index contributed by atoms with van der Waals surface area (Å²) in [6.45, 7) is 5.00. The van der Waals surface area contributed by atoms with Gasteiger partial charge in [-0.25, -0.2) is 8.78 Å². The number of nitrogens with two attached hydrogens (primary N) is 1. The predicted octanol–water partition coefficient (Wildman–Crippen LogP) is 3.18. The number of hydrogen-bond donors (Lipinski definition) is 1. The van der Waals surface area contributed by atoms with Gasteiger partial charge >= 0.3 is 0 Å². The van der Waals surface area contributed by atoms with Crippen molar-refractivity contribution in [2.24, 2.45) is 11.7 Å². The van der Waals surface area contributed by atoms with E-state index >= 15 is 0 Å². The molecule has 2 rings (SSSR count). The second kappa shape index (κ2) is 6.44. The summed E-state index contributed by atoms with van der Waals surface area (Å²) < 4.78 is 24.9. The summed E-state index contributed by atoms with van der Waals surface area (Å²) in [5, 5.41) is 0. The summed E-state index contributed by atoms with van der Waals surface area (Å²) in [5.74, 6) is 0.623. The molecule has 2 nitrogen and oxygen atoms in total. The molecule has 19 heavy (non-hydrogen) atoms. The SMILES string of the molecule is CC(N)C1CCN(Cc2ccc(C(F)F)cc2)CC1. The number of piperidine rings is 1. The van der Waals surface area contributed by atoms with Crippen LogP contribution in [0.15, 0.2) is 24.3 Å². The van der Waals surface area contributed by atoms with Gasteiger partial charge in [0.1, 0.15) is 0 Å². The van der Waals surface area contributed by atoms with Crippen molar-refractivity contribution in [2.45, 2.75) is 38.8 Å². The lowest BCUT2D eigenvalue weighted by Crippen LogP contribution is -2.39. The van der Waals surface area contributed by atoms with Crippen molar-refractivity contribution in [1.82, 2.24) is 4.90 Å². The maximum absolute atomic E-state index is 12.5. The number of likely N-dealkylation sites (tertiary alicyclic amines) is 1. The largest absolute Gasteiger partial charge is 0.328 e. The van der Waals surface area contributed by atoms with E-state index in [4.69, 9.17) is 5.73 Å². The first-order valence-electron chi connectivity index (χ1n) is 6.91. The molecule has 1 heterocycles. The zero-order valence-corrected chi connectivity index (χ0v) is 11.4. The monoisotopic (exact) mass is 268 g/mol. The van der Waals surface area contributed by atoms with Crippen LogP contribution in [0.2, 0.25) is 0 Å². The van der Waals surface area contributed by atoms with Crippen LogP contribution < -0.4 is 5.73 Å². The lowest BCUT2D eigenvalue weighted by atomic mass is 9.91. The zero-order valence-electron chi connectivity index (χ0n) is 11.4. The molecule has 1 aromatic rings. The van der Waals surface area contributed by atoms with Crippen molar-refractivity contribution >= 4 is 0 Å². The third kappa shape index (κ3) is 3.98. The molecule has 0 saturated carbocycles. The van der Waals surface area contributed by atoms with Crippen LogP contribution in [-0.2, 0) is 6.54 Å². The molecule has 0 bridgehead atoms. The zero-order chi connectivity index (χ0) is 13.8. The molecule has 1 aliphatic heterocycles. The summed E-state index contributed by atoms with van der Waals surface area (Å²) >= 11 is 0. The number of rotatable bonds is 4. The van der Waals surface area contributed by atoms with E-state index in [9.17, 15) is 8.78 Å². The van der Waals surface area contributed by atoms with E-state index in [-0.39, 0.29) is 11.6 Å². The summed E-state index contributed by atoms with van der Waals surface area (Å²) in [6.07, 6.45) is -0.115. The molecule has 0 aliphatic carbocycles. The minimum absolute atomic E-state index is 0.0967. The van der Waals surface area contributed by atoms with E-state index in [1.165, 1.54) is 12.1 Å². The maximum atomic E-state index is 12.5. The number of benzene rings is 1. The van der Waals surface area contributed by atoms with Crippen LogP contribution in [0.4, 0.5) is 8.78 Å². The Morgan fingerprint density at radius 1 is 1.21 bits per heavy atom. The van der Waals surface area contributed by atoms with E-state index in [1.54, 1.807) is 12.1 Å². The van der Waals surface area contributed by atoms with E-state index < -0.39 is 6.43 Å². The van der Waals surface area contributed by atoms with Gasteiger partial charge in [0, 0.05) is 18.2 Å². The van der Waals surface area contributed by atoms with Crippen LogP contribution in [0, 0.1) is 5.92 Å². The first-order chi connectivity index (χ1) is 9.06. The Bertz CT molecular complexity index is 382. The molecule has 1 saturated heterocycles. The third-order valence-corrected chi connectivity index (χ3v) is 4.01. The highest BCUT2D eigenvalue weighted by Gasteiger charge is 2.21. The highest BCUT2D eigenvalue weighted by molar-refractivity contribution is 5.23. The van der Waals surface area contributed by atoms with Gasteiger partial charge in [0.05, 0.1) is 0 Å². The van der Waals surface area contributed by atoms with Crippen LogP contribution in [0.3, 0.4) is 0 Å². The summed E-state index contributed by atoms with van der Waals surface area (Å²) in [4.78, 5) is 2.37. The number of hydrogen-bond acceptors (Lipinski definition) is 2. The molecule has 0 radical (unpaired) electrons. The molecule has 1 aromatic carbocycles. The van der Waals surface area contributed by atoms with Crippen molar-refractivity contribution < 1.29 is 8.78 Å². The third-order valence-electron chi connectivity index (χ3n) is 4.01. The van der Waals surface area contributed by atoms with Crippen molar-refractivity contribution in [1.29, 1.82) is 0 Å². The molecule has 1 aliphatic rings. The molecule has 106 valence electrons. The number of halogens is 2. The molecule has 1 unspecified atom stereocenters. The Balaban J connectivity index is 1.85. The Morgan fingerprint density at radius 2 is 1.79 bits per heavy atom. The van der Waals surface area contributed by atoms with Crippen molar-refractivity contribution in [3.8, 4) is 0 Å². The van der Waals surface area contributed by atoms with Crippen molar-refractivity contribution in [3.05, 3.63) is 35.4 Å². The van der Waals surface area contributed by atoms with Gasteiger partial charge in [-0.1, -0.05) is 24.3 Å². The van der Waals surface area contributed by atoms with E-state index in [2.05, 4.69) is 11.8 Å². The lowest BCUT2D eigenvalue weighted by molar-refractivity contribution is 0.151. The summed E-state index contributed by atoms with van der Waals surface area (Å²) in [6, 6.07) is 6.93. The first kappa shape index (κ1) is 14.4. The molecule has 4 heteroatoms. The van der Waals surface area contributed by atoms with Crippen LogP contribution in [0.5, 0.6) is 0 Å². The second-order valence-corrected chi connectivity index (χ2v) is 5.51. The van der Waals surface area contributed by atoms with Crippen molar-refractivity contribution in [3.63, 3.8) is 0 Å². The fraction of sp³-hybridized carbons (Fsp3) is 0.600. The Hall–Kier alpha value is -1.00. The predicted molar refractivity (Wildman–Crippen MR) is 73.0 cm³/mol. The molecular formula is C15H22F2N2. The van der Waals surface area contributed by atoms with Crippen LogP contribution >= 0.6 is 0 Å². The smallest absolute Gasteiger partial charge is 0.263 e. The van der Waals surface area contributed by atoms with Gasteiger partial charge in [-0.2, -0.15) is 0 Å². The van der Waals surface area contributed by atoms with Crippen LogP contribution in [0.25, 0.3) is 0 Å². The highest BCUT2D eigenvalue weighted by Crippen LogP contribution is 2.22. The molecular weight excluding hydrogens is 246 g/mol. The lowest BCUT2D eigenvalue weighted by Gasteiger charge is -2.33. The first-order valence-corrected chi connectivity index (χ1v) is 6.91. The summed E-state index contributed by atoms with van der Waals surface area (Å²) in [5.41, 5.74) is 7.12. The van der Waals surface area contributed by atoms with Crippen LogP contribution in [-0.4, -0.2) is 24.0 Å². The number of alkyl halides is 2. The van der Waals surface area contributed by atoms with Gasteiger partial charge in [-0.05, 0) is 44.3 Å². The fourth-order valence-corrected chi connectivity index (χ4v) is 2.66. The van der Waals surface area contributed by atoms with E-state index in [0.717, 1.165) is 38.0 Å². The van der Waals surface area contributed by atoms with E-state index in [1.807, 2.05) is 0 Å². The average molecular weight is 268 g/mol. The Morgan fingerprint density at radius 3 is 2.26 bits per heavy atom. The molecule has 1 fully saturated rings. The van der Waals surface area contributed by atoms with Gasteiger partial charge < -0.3 is 5.73 Å². The topological polar surface area (TPSA) is 29.3 Å². The van der Waals surface area contributed by atoms with Gasteiger partial charge in [0.25, 0.3) is 6.43 Å². The second-order valence-electron chi connectivity index (χ2n) is 5.51. The Kier molecular flexibility index (Phi) is 4.88. The van der Waals surface area contributed by atoms with Crippen molar-refractivity contribution in [2.75, 3.05) is 13.1 Å². The Labute approximate surface area is 113 Å². The maximum Gasteiger partial charge on any atom is 0.263 e. The van der Waals surface area contributed by atoms with E-state index in [0.29, 0.717) is 5.92 Å². The highest BCUT2D eigenvalue weighted by atomic mass is 19.3. The fourth-order valence-electron chi connectivity index (χ4n) is 2.66. The van der Waals surface area contributed by atoms with Gasteiger partial charge in [0.15, 0.2) is 0 Å². The number of nitrogens with zero attached hydrogens (tertiary/aromatic N) is 1. The average Bonchev–Trinajstić information content (AvgIpc) is 2.40. The van der Waals surface area contributed by atoms with Gasteiger partial charge in [-0.15, -0.1) is 0 Å². The molecule has 0 amide bonds. The minimum atomic E-state index is -2.38. The van der Waals surface area contributed by atoms with Gasteiger partial charge in [-0.3, -0.25) is 4.90 Å².